The second-order valence-electron chi connectivity index (χ2n) is 6.83. The number of benzene rings is 1. The molecule has 1 fully saturated rings. The van der Waals surface area contributed by atoms with Gasteiger partial charge in [-0.15, -0.1) is 0 Å². The van der Waals surface area contributed by atoms with Crippen molar-refractivity contribution in [3.05, 3.63) is 42.0 Å². The van der Waals surface area contributed by atoms with Crippen LogP contribution in [0.2, 0.25) is 0 Å². The molecule has 0 radical (unpaired) electrons. The Morgan fingerprint density at radius 1 is 1.08 bits per heavy atom. The van der Waals surface area contributed by atoms with Gasteiger partial charge in [-0.2, -0.15) is 0 Å². The summed E-state index contributed by atoms with van der Waals surface area (Å²) in [4.78, 5) is 35.6. The summed E-state index contributed by atoms with van der Waals surface area (Å²) < 4.78 is 5.10. The molecule has 3 rings (SSSR count). The fraction of sp³-hybridized carbons (Fsp3) is 0.450. The highest BCUT2D eigenvalue weighted by Gasteiger charge is 2.29. The van der Waals surface area contributed by atoms with Crippen molar-refractivity contribution in [3.63, 3.8) is 0 Å². The van der Waals surface area contributed by atoms with Crippen LogP contribution in [0.15, 0.2) is 36.4 Å². The zero-order valence-electron chi connectivity index (χ0n) is 14.7. The summed E-state index contributed by atoms with van der Waals surface area (Å²) in [7, 11) is 0. The fourth-order valence-corrected chi connectivity index (χ4v) is 2.86. The topological polar surface area (TPSA) is 84.5 Å². The molecular formula is C20H24N2O4. The Kier molecular flexibility index (Phi) is 6.04. The molecule has 6 nitrogen and oxygen atoms in total. The highest BCUT2D eigenvalue weighted by molar-refractivity contribution is 5.94. The average Bonchev–Trinajstić information content (AvgIpc) is 3.51. The van der Waals surface area contributed by atoms with Crippen molar-refractivity contribution in [2.75, 3.05) is 11.9 Å². The molecule has 1 saturated carbocycles. The van der Waals surface area contributed by atoms with Crippen LogP contribution in [-0.4, -0.2) is 24.4 Å². The smallest absolute Gasteiger partial charge is 0.309 e. The largest absolute Gasteiger partial charge is 0.455 e. The van der Waals surface area contributed by atoms with Gasteiger partial charge in [0.2, 0.25) is 5.91 Å². The standard InChI is InChI=1S/C20H24N2O4/c23-18(13-26-20(25)16-6-2-1-3-7-16)21-12-14-5-4-8-17(11-14)22-19(24)15-9-10-15/h1-2,4-5,8,11,15-16H,3,6-7,9-10,12-13H2,(H,21,23)(H,22,24). The molecule has 6 heteroatoms. The van der Waals surface area contributed by atoms with E-state index in [2.05, 4.69) is 16.7 Å². The van der Waals surface area contributed by atoms with Crippen LogP contribution >= 0.6 is 0 Å². The van der Waals surface area contributed by atoms with Gasteiger partial charge in [-0.25, -0.2) is 0 Å². The molecule has 0 aromatic heterocycles. The normalized spacial score (nSPS) is 18.8. The fourth-order valence-electron chi connectivity index (χ4n) is 2.86. The zero-order valence-corrected chi connectivity index (χ0v) is 14.7. The van der Waals surface area contributed by atoms with Crippen molar-refractivity contribution in [2.45, 2.75) is 38.6 Å². The summed E-state index contributed by atoms with van der Waals surface area (Å²) in [5.41, 5.74) is 1.60. The molecule has 1 atom stereocenters. The van der Waals surface area contributed by atoms with Crippen molar-refractivity contribution < 1.29 is 19.1 Å². The molecule has 26 heavy (non-hydrogen) atoms. The van der Waals surface area contributed by atoms with Gasteiger partial charge in [0, 0.05) is 18.2 Å². The Balaban J connectivity index is 1.40. The molecule has 1 unspecified atom stereocenters. The third kappa shape index (κ3) is 5.44. The van der Waals surface area contributed by atoms with Crippen molar-refractivity contribution in [3.8, 4) is 0 Å². The molecule has 0 spiro atoms. The lowest BCUT2D eigenvalue weighted by molar-refractivity contribution is -0.152. The number of carbonyl (C=O) groups is 3. The predicted octanol–water partition coefficient (Wildman–Crippen LogP) is 2.55. The van der Waals surface area contributed by atoms with Gasteiger partial charge in [0.1, 0.15) is 0 Å². The van der Waals surface area contributed by atoms with Gasteiger partial charge in [-0.3, -0.25) is 14.4 Å². The molecule has 0 bridgehead atoms. The maximum Gasteiger partial charge on any atom is 0.309 e. The van der Waals surface area contributed by atoms with E-state index in [-0.39, 0.29) is 36.2 Å². The molecule has 1 aromatic carbocycles. The summed E-state index contributed by atoms with van der Waals surface area (Å²) in [6, 6.07) is 7.36. The second kappa shape index (κ2) is 8.65. The molecule has 2 amide bonds. The lowest BCUT2D eigenvalue weighted by Crippen LogP contribution is -2.30. The first-order valence-corrected chi connectivity index (χ1v) is 9.10. The van der Waals surface area contributed by atoms with Crippen molar-refractivity contribution >= 4 is 23.5 Å². The molecule has 138 valence electrons. The molecule has 0 saturated heterocycles. The minimum absolute atomic E-state index is 0.0515. The number of allylic oxidation sites excluding steroid dienone is 2. The summed E-state index contributed by atoms with van der Waals surface area (Å²) in [6.07, 6.45) is 8.27. The lowest BCUT2D eigenvalue weighted by atomic mass is 9.95. The van der Waals surface area contributed by atoms with E-state index in [0.717, 1.165) is 36.9 Å². The Labute approximate surface area is 153 Å². The summed E-state index contributed by atoms with van der Waals surface area (Å²) in [5.74, 6) is -0.589. The molecule has 1 aromatic rings. The molecule has 2 aliphatic carbocycles. The van der Waals surface area contributed by atoms with Crippen LogP contribution in [0.3, 0.4) is 0 Å². The van der Waals surface area contributed by atoms with E-state index in [1.807, 2.05) is 30.3 Å². The van der Waals surface area contributed by atoms with Crippen LogP contribution in [0.25, 0.3) is 0 Å². The summed E-state index contributed by atoms with van der Waals surface area (Å²) in [5, 5.41) is 5.61. The second-order valence-corrected chi connectivity index (χ2v) is 6.83. The number of rotatable bonds is 7. The molecular weight excluding hydrogens is 332 g/mol. The van der Waals surface area contributed by atoms with E-state index < -0.39 is 0 Å². The number of ether oxygens (including phenoxy) is 1. The summed E-state index contributed by atoms with van der Waals surface area (Å²) in [6.45, 7) is 0.0485. The Morgan fingerprint density at radius 2 is 1.92 bits per heavy atom. The van der Waals surface area contributed by atoms with E-state index in [4.69, 9.17) is 4.74 Å². The van der Waals surface area contributed by atoms with E-state index in [1.54, 1.807) is 0 Å². The van der Waals surface area contributed by atoms with Gasteiger partial charge in [0.25, 0.3) is 5.91 Å². The number of hydrogen-bond donors (Lipinski definition) is 2. The quantitative estimate of drug-likeness (QED) is 0.581. The van der Waals surface area contributed by atoms with Crippen LogP contribution < -0.4 is 10.6 Å². The predicted molar refractivity (Wildman–Crippen MR) is 97.1 cm³/mol. The number of carbonyl (C=O) groups excluding carboxylic acids is 3. The number of amides is 2. The number of hydrogen-bond acceptors (Lipinski definition) is 4. The Hall–Kier alpha value is -2.63. The average molecular weight is 356 g/mol. The molecule has 0 aliphatic heterocycles. The molecule has 2 aliphatic rings. The van der Waals surface area contributed by atoms with Crippen LogP contribution in [0, 0.1) is 11.8 Å². The van der Waals surface area contributed by atoms with Crippen molar-refractivity contribution in [1.82, 2.24) is 5.32 Å². The first kappa shape index (κ1) is 18.2. The number of anilines is 1. The van der Waals surface area contributed by atoms with Crippen LogP contribution in [-0.2, 0) is 25.7 Å². The zero-order chi connectivity index (χ0) is 18.4. The minimum Gasteiger partial charge on any atom is -0.455 e. The molecule has 0 heterocycles. The highest BCUT2D eigenvalue weighted by atomic mass is 16.5. The van der Waals surface area contributed by atoms with Crippen LogP contribution in [0.1, 0.15) is 37.7 Å². The van der Waals surface area contributed by atoms with E-state index in [0.29, 0.717) is 13.0 Å². The maximum absolute atomic E-state index is 11.9. The monoisotopic (exact) mass is 356 g/mol. The van der Waals surface area contributed by atoms with Crippen LogP contribution in [0.5, 0.6) is 0 Å². The third-order valence-corrected chi connectivity index (χ3v) is 4.58. The van der Waals surface area contributed by atoms with E-state index >= 15 is 0 Å². The lowest BCUT2D eigenvalue weighted by Gasteiger charge is -2.16. The van der Waals surface area contributed by atoms with Crippen molar-refractivity contribution in [1.29, 1.82) is 0 Å². The van der Waals surface area contributed by atoms with Gasteiger partial charge in [0.05, 0.1) is 5.92 Å². The number of esters is 1. The van der Waals surface area contributed by atoms with E-state index in [9.17, 15) is 14.4 Å². The Bertz CT molecular complexity index is 710. The molecule has 2 N–H and O–H groups in total. The van der Waals surface area contributed by atoms with Gasteiger partial charge in [-0.1, -0.05) is 24.3 Å². The third-order valence-electron chi connectivity index (χ3n) is 4.58. The Morgan fingerprint density at radius 3 is 2.65 bits per heavy atom. The minimum atomic E-state index is -0.336. The number of nitrogens with one attached hydrogen (secondary N) is 2. The maximum atomic E-state index is 11.9. The van der Waals surface area contributed by atoms with Gasteiger partial charge in [0.15, 0.2) is 6.61 Å². The summed E-state index contributed by atoms with van der Waals surface area (Å²) >= 11 is 0. The first-order chi connectivity index (χ1) is 12.6. The first-order valence-electron chi connectivity index (χ1n) is 9.10. The van der Waals surface area contributed by atoms with E-state index in [1.165, 1.54) is 0 Å². The van der Waals surface area contributed by atoms with Crippen molar-refractivity contribution in [2.24, 2.45) is 11.8 Å². The SMILES string of the molecule is O=C(COC(=O)C1CC=CCC1)NCc1cccc(NC(=O)C2CC2)c1. The van der Waals surface area contributed by atoms with Gasteiger partial charge < -0.3 is 15.4 Å². The van der Waals surface area contributed by atoms with Crippen LogP contribution in [0.4, 0.5) is 5.69 Å². The van der Waals surface area contributed by atoms with Gasteiger partial charge in [-0.05, 0) is 49.8 Å². The highest BCUT2D eigenvalue weighted by Crippen LogP contribution is 2.30. The van der Waals surface area contributed by atoms with Gasteiger partial charge >= 0.3 is 5.97 Å².